The zero-order valence-corrected chi connectivity index (χ0v) is 22.5. The lowest BCUT2D eigenvalue weighted by Crippen LogP contribution is -2.38. The van der Waals surface area contributed by atoms with E-state index in [0.717, 1.165) is 12.8 Å². The van der Waals surface area contributed by atoms with Gasteiger partial charge in [-0.1, -0.05) is 156 Å². The first-order valence-electron chi connectivity index (χ1n) is 14.9. The van der Waals surface area contributed by atoms with Gasteiger partial charge in [-0.2, -0.15) is 0 Å². The average molecular weight is 439 g/mol. The minimum absolute atomic E-state index is 0.391. The minimum Gasteiger partial charge on any atom is -0.390 e. The molecule has 1 unspecified atom stereocenters. The van der Waals surface area contributed by atoms with Crippen molar-refractivity contribution in [2.75, 3.05) is 0 Å². The third-order valence-corrected chi connectivity index (χ3v) is 7.50. The van der Waals surface area contributed by atoms with E-state index in [1.807, 2.05) is 0 Å². The predicted octanol–water partition coefficient (Wildman–Crippen LogP) is 10.8. The van der Waals surface area contributed by atoms with Crippen LogP contribution in [0, 0.1) is 5.92 Å². The molecule has 0 bridgehead atoms. The minimum atomic E-state index is -0.391. The van der Waals surface area contributed by atoms with Crippen LogP contribution in [-0.4, -0.2) is 10.7 Å². The van der Waals surface area contributed by atoms with Crippen molar-refractivity contribution < 1.29 is 5.11 Å². The van der Waals surface area contributed by atoms with Gasteiger partial charge in [0.05, 0.1) is 5.60 Å². The Kier molecular flexibility index (Phi) is 23.1. The van der Waals surface area contributed by atoms with Crippen molar-refractivity contribution in [3.05, 3.63) is 0 Å². The summed E-state index contributed by atoms with van der Waals surface area (Å²) in [6, 6.07) is 0. The molecule has 0 heterocycles. The molecule has 1 N–H and O–H groups in total. The van der Waals surface area contributed by atoms with Crippen LogP contribution in [0.2, 0.25) is 0 Å². The highest BCUT2D eigenvalue weighted by Crippen LogP contribution is 2.36. The Bertz CT molecular complexity index is 329. The highest BCUT2D eigenvalue weighted by atomic mass is 16.3. The van der Waals surface area contributed by atoms with Gasteiger partial charge in [-0.3, -0.25) is 0 Å². The van der Waals surface area contributed by atoms with Gasteiger partial charge in [0.2, 0.25) is 0 Å². The maximum absolute atomic E-state index is 11.6. The summed E-state index contributed by atoms with van der Waals surface area (Å²) in [6.07, 6.45) is 31.8. The van der Waals surface area contributed by atoms with Crippen molar-refractivity contribution in [1.29, 1.82) is 0 Å². The summed E-state index contributed by atoms with van der Waals surface area (Å²) in [4.78, 5) is 0. The molecule has 0 saturated heterocycles. The van der Waals surface area contributed by atoms with Gasteiger partial charge in [0, 0.05) is 0 Å². The Morgan fingerprint density at radius 2 is 0.742 bits per heavy atom. The van der Waals surface area contributed by atoms with Crippen LogP contribution in [0.4, 0.5) is 0 Å². The molecule has 0 aromatic carbocycles. The van der Waals surface area contributed by atoms with Crippen molar-refractivity contribution in [2.24, 2.45) is 5.92 Å². The second kappa shape index (κ2) is 23.1. The highest BCUT2D eigenvalue weighted by molar-refractivity contribution is 4.86. The van der Waals surface area contributed by atoms with Crippen LogP contribution in [-0.2, 0) is 0 Å². The van der Waals surface area contributed by atoms with Crippen molar-refractivity contribution >= 4 is 0 Å². The molecule has 0 amide bonds. The molecule has 31 heavy (non-hydrogen) atoms. The summed E-state index contributed by atoms with van der Waals surface area (Å²) in [6.45, 7) is 9.11. The molecule has 1 nitrogen and oxygen atoms in total. The average Bonchev–Trinajstić information content (AvgIpc) is 2.78. The number of rotatable bonds is 25. The van der Waals surface area contributed by atoms with Crippen LogP contribution in [0.15, 0.2) is 0 Å². The van der Waals surface area contributed by atoms with Gasteiger partial charge in [0.15, 0.2) is 0 Å². The highest BCUT2D eigenvalue weighted by Gasteiger charge is 2.34. The fourth-order valence-corrected chi connectivity index (χ4v) is 5.22. The summed E-state index contributed by atoms with van der Waals surface area (Å²) in [5.41, 5.74) is -0.391. The summed E-state index contributed by atoms with van der Waals surface area (Å²) in [7, 11) is 0. The number of hydrogen-bond acceptors (Lipinski definition) is 1. The van der Waals surface area contributed by atoms with Crippen LogP contribution in [0.5, 0.6) is 0 Å². The second-order valence-corrected chi connectivity index (χ2v) is 10.5. The fraction of sp³-hybridized carbons (Fsp3) is 1.00. The number of aliphatic hydroxyl groups is 1. The molecule has 0 rings (SSSR count). The maximum Gasteiger partial charge on any atom is 0.0675 e. The van der Waals surface area contributed by atoms with Crippen LogP contribution in [0.25, 0.3) is 0 Å². The van der Waals surface area contributed by atoms with E-state index in [1.54, 1.807) is 0 Å². The van der Waals surface area contributed by atoms with Crippen molar-refractivity contribution in [3.8, 4) is 0 Å². The zero-order valence-electron chi connectivity index (χ0n) is 22.5. The number of hydrogen-bond donors (Lipinski definition) is 1. The van der Waals surface area contributed by atoms with E-state index in [9.17, 15) is 5.11 Å². The van der Waals surface area contributed by atoms with Crippen molar-refractivity contribution in [2.45, 2.75) is 187 Å². The zero-order chi connectivity index (χ0) is 23.0. The lowest BCUT2D eigenvalue weighted by molar-refractivity contribution is -0.0449. The molecule has 0 aliphatic rings. The second-order valence-electron chi connectivity index (χ2n) is 10.5. The lowest BCUT2D eigenvalue weighted by atomic mass is 9.74. The van der Waals surface area contributed by atoms with Crippen LogP contribution in [0.3, 0.4) is 0 Å². The molecular formula is C30H62O. The van der Waals surface area contributed by atoms with E-state index >= 15 is 0 Å². The first kappa shape index (κ1) is 31.0. The molecule has 0 aromatic heterocycles. The van der Waals surface area contributed by atoms with Crippen LogP contribution < -0.4 is 0 Å². The molecule has 0 radical (unpaired) electrons. The van der Waals surface area contributed by atoms with E-state index in [1.165, 1.54) is 141 Å². The number of unbranched alkanes of at least 4 members (excludes halogenated alkanes) is 16. The molecule has 0 aromatic rings. The molecule has 0 aliphatic heterocycles. The Hall–Kier alpha value is -0.0400. The van der Waals surface area contributed by atoms with E-state index < -0.39 is 5.60 Å². The first-order chi connectivity index (χ1) is 15.1. The van der Waals surface area contributed by atoms with Crippen molar-refractivity contribution in [1.82, 2.24) is 0 Å². The molecule has 1 atom stereocenters. The topological polar surface area (TPSA) is 20.2 Å². The standard InChI is InChI=1S/C30H62O/c1-5-9-13-14-15-16-17-18-19-20-21-22-23-24-26-29(25-10-6-2)30(31,27-11-7-3)28-12-8-4/h29,31H,5-28H2,1-4H3. The molecule has 0 spiro atoms. The summed E-state index contributed by atoms with van der Waals surface area (Å²) in [5.74, 6) is 0.530. The van der Waals surface area contributed by atoms with Gasteiger partial charge in [0.25, 0.3) is 0 Å². The van der Waals surface area contributed by atoms with Crippen LogP contribution >= 0.6 is 0 Å². The molecule has 0 saturated carbocycles. The van der Waals surface area contributed by atoms with Crippen LogP contribution in [0.1, 0.15) is 182 Å². The normalized spacial score (nSPS) is 13.1. The Morgan fingerprint density at radius 3 is 1.13 bits per heavy atom. The van der Waals surface area contributed by atoms with Gasteiger partial charge in [0.1, 0.15) is 0 Å². The Balaban J connectivity index is 3.96. The summed E-state index contributed by atoms with van der Waals surface area (Å²) >= 11 is 0. The first-order valence-corrected chi connectivity index (χ1v) is 14.9. The predicted molar refractivity (Wildman–Crippen MR) is 142 cm³/mol. The third-order valence-electron chi connectivity index (χ3n) is 7.50. The van der Waals surface area contributed by atoms with Crippen molar-refractivity contribution in [3.63, 3.8) is 0 Å². The van der Waals surface area contributed by atoms with Gasteiger partial charge in [-0.05, 0) is 31.6 Å². The van der Waals surface area contributed by atoms with Gasteiger partial charge in [-0.25, -0.2) is 0 Å². The largest absolute Gasteiger partial charge is 0.390 e. The fourth-order valence-electron chi connectivity index (χ4n) is 5.22. The summed E-state index contributed by atoms with van der Waals surface area (Å²) < 4.78 is 0. The Labute approximate surface area is 198 Å². The molecule has 0 aliphatic carbocycles. The van der Waals surface area contributed by atoms with E-state index in [4.69, 9.17) is 0 Å². The summed E-state index contributed by atoms with van der Waals surface area (Å²) in [5, 5.41) is 11.6. The molecule has 0 fully saturated rings. The van der Waals surface area contributed by atoms with Gasteiger partial charge >= 0.3 is 0 Å². The van der Waals surface area contributed by atoms with E-state index in [2.05, 4.69) is 27.7 Å². The Morgan fingerprint density at radius 1 is 0.419 bits per heavy atom. The molecule has 188 valence electrons. The third kappa shape index (κ3) is 18.1. The monoisotopic (exact) mass is 438 g/mol. The lowest BCUT2D eigenvalue weighted by Gasteiger charge is -2.37. The van der Waals surface area contributed by atoms with E-state index in [-0.39, 0.29) is 0 Å². The quantitative estimate of drug-likeness (QED) is 0.140. The molecular weight excluding hydrogens is 376 g/mol. The van der Waals surface area contributed by atoms with Gasteiger partial charge < -0.3 is 5.11 Å². The smallest absolute Gasteiger partial charge is 0.0675 e. The molecule has 1 heteroatoms. The SMILES string of the molecule is CCCCCCCCCCCCCCCCC(CCCC)C(O)(CCCC)CCCC. The van der Waals surface area contributed by atoms with Gasteiger partial charge in [-0.15, -0.1) is 0 Å². The van der Waals surface area contributed by atoms with E-state index in [0.29, 0.717) is 5.92 Å². The maximum atomic E-state index is 11.6.